The fourth-order valence-corrected chi connectivity index (χ4v) is 2.74. The van der Waals surface area contributed by atoms with Crippen molar-refractivity contribution in [2.24, 2.45) is 0 Å². The molecule has 0 atom stereocenters. The maximum absolute atomic E-state index is 9.54. The van der Waals surface area contributed by atoms with Crippen LogP contribution in [0, 0.1) is 0 Å². The van der Waals surface area contributed by atoms with Gasteiger partial charge >= 0.3 is 0 Å². The number of nitrogens with zero attached hydrogens (tertiary/aromatic N) is 1. The highest BCUT2D eigenvalue weighted by Crippen LogP contribution is 2.26. The monoisotopic (exact) mass is 274 g/mol. The van der Waals surface area contributed by atoms with E-state index in [2.05, 4.69) is 30.2 Å². The molecule has 2 N–H and O–H groups in total. The van der Waals surface area contributed by atoms with Gasteiger partial charge in [-0.25, -0.2) is 4.98 Å². The first-order valence-corrected chi connectivity index (χ1v) is 7.47. The molecular weight excluding hydrogens is 252 g/mol. The van der Waals surface area contributed by atoms with Crippen molar-refractivity contribution < 1.29 is 9.52 Å². The fraction of sp³-hybridized carbons (Fsp3) is 0.562. The second-order valence-electron chi connectivity index (χ2n) is 6.04. The number of fused-ring (bicyclic) bond motifs is 1. The van der Waals surface area contributed by atoms with Crippen molar-refractivity contribution in [2.75, 3.05) is 5.32 Å². The number of hydrogen-bond acceptors (Lipinski definition) is 4. The highest BCUT2D eigenvalue weighted by atomic mass is 16.3. The Morgan fingerprint density at radius 2 is 2.00 bits per heavy atom. The van der Waals surface area contributed by atoms with E-state index in [1.54, 1.807) is 0 Å². The zero-order valence-corrected chi connectivity index (χ0v) is 12.1. The van der Waals surface area contributed by atoms with Crippen LogP contribution in [0.1, 0.15) is 51.3 Å². The van der Waals surface area contributed by atoms with Gasteiger partial charge in [-0.15, -0.1) is 0 Å². The first-order valence-electron chi connectivity index (χ1n) is 7.47. The molecule has 0 unspecified atom stereocenters. The smallest absolute Gasteiger partial charge is 0.198 e. The van der Waals surface area contributed by atoms with Crippen molar-refractivity contribution in [2.45, 2.75) is 57.6 Å². The van der Waals surface area contributed by atoms with Gasteiger partial charge in [0.05, 0.1) is 6.10 Å². The molecule has 1 aliphatic rings. The van der Waals surface area contributed by atoms with E-state index in [-0.39, 0.29) is 6.10 Å². The van der Waals surface area contributed by atoms with E-state index in [0.29, 0.717) is 12.0 Å². The minimum atomic E-state index is -0.111. The molecule has 1 heterocycles. The number of oxazole rings is 1. The molecule has 4 heteroatoms. The van der Waals surface area contributed by atoms with E-state index in [4.69, 9.17) is 4.42 Å². The van der Waals surface area contributed by atoms with Crippen LogP contribution in [-0.2, 0) is 0 Å². The number of aliphatic hydroxyl groups excluding tert-OH is 1. The molecule has 0 amide bonds. The fourth-order valence-electron chi connectivity index (χ4n) is 2.74. The summed E-state index contributed by atoms with van der Waals surface area (Å²) in [5, 5.41) is 13.1. The van der Waals surface area contributed by atoms with Crippen molar-refractivity contribution in [1.29, 1.82) is 0 Å². The van der Waals surface area contributed by atoms with Gasteiger partial charge in [0, 0.05) is 17.6 Å². The maximum atomic E-state index is 9.54. The number of hydrogen-bond donors (Lipinski definition) is 2. The molecule has 0 saturated heterocycles. The molecule has 1 aliphatic carbocycles. The summed E-state index contributed by atoms with van der Waals surface area (Å²) in [6.07, 6.45) is 3.72. The molecule has 0 bridgehead atoms. The van der Waals surface area contributed by atoms with E-state index in [0.717, 1.165) is 48.4 Å². The van der Waals surface area contributed by atoms with E-state index >= 15 is 0 Å². The zero-order valence-electron chi connectivity index (χ0n) is 12.1. The van der Waals surface area contributed by atoms with Crippen LogP contribution in [0.3, 0.4) is 0 Å². The lowest BCUT2D eigenvalue weighted by Crippen LogP contribution is -2.28. The van der Waals surface area contributed by atoms with Crippen LogP contribution in [0.5, 0.6) is 0 Å². The Labute approximate surface area is 119 Å². The van der Waals surface area contributed by atoms with E-state index in [1.807, 2.05) is 12.1 Å². The average Bonchev–Trinajstić information content (AvgIpc) is 2.85. The quantitative estimate of drug-likeness (QED) is 0.896. The number of anilines is 1. The molecule has 1 aromatic heterocycles. The molecule has 3 rings (SSSR count). The molecule has 1 fully saturated rings. The summed E-state index contributed by atoms with van der Waals surface area (Å²) >= 11 is 0. The second kappa shape index (κ2) is 5.44. The molecule has 1 saturated carbocycles. The first-order chi connectivity index (χ1) is 9.61. The Morgan fingerprint density at radius 3 is 2.70 bits per heavy atom. The van der Waals surface area contributed by atoms with Crippen molar-refractivity contribution in [3.63, 3.8) is 0 Å². The van der Waals surface area contributed by atoms with Crippen molar-refractivity contribution >= 4 is 16.8 Å². The number of nitrogens with one attached hydrogen (secondary N) is 1. The lowest BCUT2D eigenvalue weighted by molar-refractivity contribution is 0.126. The third-order valence-electron chi connectivity index (χ3n) is 3.97. The normalized spacial score (nSPS) is 23.4. The topological polar surface area (TPSA) is 58.3 Å². The molecule has 108 valence electrons. The SMILES string of the molecule is CC(C)c1nc2cc(NC3CCC(O)CC3)ccc2o1. The summed E-state index contributed by atoms with van der Waals surface area (Å²) in [5.41, 5.74) is 2.84. The van der Waals surface area contributed by atoms with Gasteiger partial charge in [-0.05, 0) is 43.9 Å². The molecule has 0 radical (unpaired) electrons. The Morgan fingerprint density at radius 1 is 1.25 bits per heavy atom. The lowest BCUT2D eigenvalue weighted by atomic mass is 9.93. The van der Waals surface area contributed by atoms with Crippen molar-refractivity contribution in [3.8, 4) is 0 Å². The molecule has 0 aliphatic heterocycles. The Balaban J connectivity index is 1.75. The second-order valence-corrected chi connectivity index (χ2v) is 6.04. The maximum Gasteiger partial charge on any atom is 0.198 e. The first kappa shape index (κ1) is 13.4. The summed E-state index contributed by atoms with van der Waals surface area (Å²) in [5.74, 6) is 1.09. The van der Waals surface area contributed by atoms with E-state index in [9.17, 15) is 5.11 Å². The van der Waals surface area contributed by atoms with Gasteiger partial charge in [-0.3, -0.25) is 0 Å². The van der Waals surface area contributed by atoms with Crippen molar-refractivity contribution in [1.82, 2.24) is 4.98 Å². The number of benzene rings is 1. The highest BCUT2D eigenvalue weighted by Gasteiger charge is 2.19. The standard InChI is InChI=1S/C16H22N2O2/c1-10(2)16-18-14-9-12(5-8-15(14)20-16)17-11-3-6-13(19)7-4-11/h5,8-11,13,17,19H,3-4,6-7H2,1-2H3. The molecule has 4 nitrogen and oxygen atoms in total. The minimum absolute atomic E-state index is 0.111. The largest absolute Gasteiger partial charge is 0.440 e. The zero-order chi connectivity index (χ0) is 14.1. The van der Waals surface area contributed by atoms with Gasteiger partial charge in [0.25, 0.3) is 0 Å². The van der Waals surface area contributed by atoms with Gasteiger partial charge < -0.3 is 14.8 Å². The average molecular weight is 274 g/mol. The van der Waals surface area contributed by atoms with Gasteiger partial charge in [0.2, 0.25) is 0 Å². The van der Waals surface area contributed by atoms with Crippen LogP contribution in [0.4, 0.5) is 5.69 Å². The molecular formula is C16H22N2O2. The predicted octanol–water partition coefficient (Wildman–Crippen LogP) is 3.67. The van der Waals surface area contributed by atoms with Crippen LogP contribution in [0.2, 0.25) is 0 Å². The summed E-state index contributed by atoms with van der Waals surface area (Å²) < 4.78 is 5.72. The lowest BCUT2D eigenvalue weighted by Gasteiger charge is -2.26. The van der Waals surface area contributed by atoms with Crippen LogP contribution in [0.25, 0.3) is 11.1 Å². The molecule has 0 spiro atoms. The van der Waals surface area contributed by atoms with Crippen LogP contribution in [-0.4, -0.2) is 22.2 Å². The van der Waals surface area contributed by atoms with Gasteiger partial charge in [0.1, 0.15) is 5.52 Å². The minimum Gasteiger partial charge on any atom is -0.440 e. The summed E-state index contributed by atoms with van der Waals surface area (Å²) in [6, 6.07) is 6.53. The summed E-state index contributed by atoms with van der Waals surface area (Å²) in [4.78, 5) is 4.53. The van der Waals surface area contributed by atoms with Gasteiger partial charge in [-0.1, -0.05) is 13.8 Å². The van der Waals surface area contributed by atoms with E-state index < -0.39 is 0 Å². The highest BCUT2D eigenvalue weighted by molar-refractivity contribution is 5.77. The van der Waals surface area contributed by atoms with Crippen LogP contribution in [0.15, 0.2) is 22.6 Å². The number of aliphatic hydroxyl groups is 1. The molecule has 20 heavy (non-hydrogen) atoms. The third-order valence-corrected chi connectivity index (χ3v) is 3.97. The van der Waals surface area contributed by atoms with Gasteiger partial charge in [-0.2, -0.15) is 0 Å². The Hall–Kier alpha value is -1.55. The predicted molar refractivity (Wildman–Crippen MR) is 80.0 cm³/mol. The van der Waals surface area contributed by atoms with E-state index in [1.165, 1.54) is 0 Å². The van der Waals surface area contributed by atoms with Crippen LogP contribution >= 0.6 is 0 Å². The van der Waals surface area contributed by atoms with Crippen LogP contribution < -0.4 is 5.32 Å². The third kappa shape index (κ3) is 2.80. The number of rotatable bonds is 3. The number of aromatic nitrogens is 1. The summed E-state index contributed by atoms with van der Waals surface area (Å²) in [6.45, 7) is 4.16. The molecule has 2 aromatic rings. The Kier molecular flexibility index (Phi) is 3.66. The Bertz CT molecular complexity index is 583. The molecule has 1 aromatic carbocycles. The van der Waals surface area contributed by atoms with Gasteiger partial charge in [0.15, 0.2) is 11.5 Å². The van der Waals surface area contributed by atoms with Crippen molar-refractivity contribution in [3.05, 3.63) is 24.1 Å². The summed E-state index contributed by atoms with van der Waals surface area (Å²) in [7, 11) is 0.